The molecule has 1 N–H and O–H groups in total. The molecule has 0 amide bonds. The molecular formula is C16H27N. The van der Waals surface area contributed by atoms with Gasteiger partial charge >= 0.3 is 0 Å². The van der Waals surface area contributed by atoms with Gasteiger partial charge in [0.2, 0.25) is 0 Å². The van der Waals surface area contributed by atoms with Crippen molar-refractivity contribution >= 4 is 0 Å². The SMILES string of the molecule is CCCC(NCC)C(CC)c1ccc(C)cc1. The lowest BCUT2D eigenvalue weighted by Crippen LogP contribution is -2.34. The minimum Gasteiger partial charge on any atom is -0.314 e. The second-order valence-corrected chi connectivity index (χ2v) is 4.88. The van der Waals surface area contributed by atoms with E-state index in [0.717, 1.165) is 6.54 Å². The first-order chi connectivity index (χ1) is 8.22. The van der Waals surface area contributed by atoms with Crippen LogP contribution in [0.15, 0.2) is 24.3 Å². The second kappa shape index (κ2) is 7.50. The predicted molar refractivity (Wildman–Crippen MR) is 76.6 cm³/mol. The molecule has 1 aromatic carbocycles. The Kier molecular flexibility index (Phi) is 6.28. The molecule has 1 aromatic rings. The van der Waals surface area contributed by atoms with Crippen LogP contribution in [0.2, 0.25) is 0 Å². The lowest BCUT2D eigenvalue weighted by atomic mass is 9.86. The molecule has 1 heteroatoms. The summed E-state index contributed by atoms with van der Waals surface area (Å²) >= 11 is 0. The maximum absolute atomic E-state index is 3.65. The normalized spacial score (nSPS) is 14.6. The van der Waals surface area contributed by atoms with Crippen molar-refractivity contribution in [2.45, 2.75) is 58.9 Å². The summed E-state index contributed by atoms with van der Waals surface area (Å²) in [7, 11) is 0. The lowest BCUT2D eigenvalue weighted by Gasteiger charge is -2.27. The molecule has 0 aliphatic heterocycles. The molecule has 2 unspecified atom stereocenters. The van der Waals surface area contributed by atoms with E-state index in [1.54, 1.807) is 0 Å². The van der Waals surface area contributed by atoms with Crippen LogP contribution in [-0.2, 0) is 0 Å². The van der Waals surface area contributed by atoms with E-state index in [1.165, 1.54) is 30.4 Å². The monoisotopic (exact) mass is 233 g/mol. The Morgan fingerprint density at radius 1 is 1.06 bits per heavy atom. The van der Waals surface area contributed by atoms with Crippen molar-refractivity contribution < 1.29 is 0 Å². The van der Waals surface area contributed by atoms with Crippen LogP contribution in [0.25, 0.3) is 0 Å². The molecule has 0 heterocycles. The van der Waals surface area contributed by atoms with Crippen molar-refractivity contribution in [3.63, 3.8) is 0 Å². The van der Waals surface area contributed by atoms with Gasteiger partial charge in [-0.2, -0.15) is 0 Å². The fraction of sp³-hybridized carbons (Fsp3) is 0.625. The molecule has 0 bridgehead atoms. The van der Waals surface area contributed by atoms with Crippen molar-refractivity contribution in [1.29, 1.82) is 0 Å². The number of hydrogen-bond donors (Lipinski definition) is 1. The molecule has 0 aromatic heterocycles. The van der Waals surface area contributed by atoms with Crippen LogP contribution in [0.1, 0.15) is 57.1 Å². The van der Waals surface area contributed by atoms with Crippen molar-refractivity contribution in [2.75, 3.05) is 6.54 Å². The van der Waals surface area contributed by atoms with Crippen molar-refractivity contribution in [2.24, 2.45) is 0 Å². The van der Waals surface area contributed by atoms with Crippen LogP contribution in [0, 0.1) is 6.92 Å². The largest absolute Gasteiger partial charge is 0.314 e. The smallest absolute Gasteiger partial charge is 0.0135 e. The summed E-state index contributed by atoms with van der Waals surface area (Å²) in [5.74, 6) is 0.649. The number of aryl methyl sites for hydroxylation is 1. The van der Waals surface area contributed by atoms with E-state index in [9.17, 15) is 0 Å². The van der Waals surface area contributed by atoms with Gasteiger partial charge in [-0.1, -0.05) is 57.0 Å². The fourth-order valence-corrected chi connectivity index (χ4v) is 2.58. The highest BCUT2D eigenvalue weighted by Crippen LogP contribution is 2.26. The Hall–Kier alpha value is -0.820. The average Bonchev–Trinajstić information content (AvgIpc) is 2.33. The fourth-order valence-electron chi connectivity index (χ4n) is 2.58. The van der Waals surface area contributed by atoms with Crippen LogP contribution in [0.4, 0.5) is 0 Å². The molecule has 2 atom stereocenters. The number of hydrogen-bond acceptors (Lipinski definition) is 1. The Balaban J connectivity index is 2.83. The van der Waals surface area contributed by atoms with Crippen LogP contribution in [-0.4, -0.2) is 12.6 Å². The summed E-state index contributed by atoms with van der Waals surface area (Å²) in [5, 5.41) is 3.65. The summed E-state index contributed by atoms with van der Waals surface area (Å²) in [5.41, 5.74) is 2.83. The van der Waals surface area contributed by atoms with Crippen molar-refractivity contribution in [1.82, 2.24) is 5.32 Å². The van der Waals surface area contributed by atoms with Gasteiger partial charge in [0.1, 0.15) is 0 Å². The highest BCUT2D eigenvalue weighted by molar-refractivity contribution is 5.25. The lowest BCUT2D eigenvalue weighted by molar-refractivity contribution is 0.404. The van der Waals surface area contributed by atoms with Gasteiger partial charge in [0.25, 0.3) is 0 Å². The summed E-state index contributed by atoms with van der Waals surface area (Å²) in [4.78, 5) is 0. The molecule has 0 spiro atoms. The Morgan fingerprint density at radius 3 is 2.18 bits per heavy atom. The number of rotatable bonds is 7. The van der Waals surface area contributed by atoms with Gasteiger partial charge < -0.3 is 5.32 Å². The molecule has 0 radical (unpaired) electrons. The predicted octanol–water partition coefficient (Wildman–Crippen LogP) is 4.27. The van der Waals surface area contributed by atoms with E-state index >= 15 is 0 Å². The quantitative estimate of drug-likeness (QED) is 0.741. The Morgan fingerprint density at radius 2 is 1.71 bits per heavy atom. The molecule has 0 aliphatic carbocycles. The molecule has 96 valence electrons. The summed E-state index contributed by atoms with van der Waals surface area (Å²) in [6.07, 6.45) is 3.72. The Bertz CT molecular complexity index is 296. The van der Waals surface area contributed by atoms with Crippen LogP contribution >= 0.6 is 0 Å². The van der Waals surface area contributed by atoms with E-state index in [2.05, 4.69) is 57.3 Å². The topological polar surface area (TPSA) is 12.0 Å². The molecule has 1 rings (SSSR count). The van der Waals surface area contributed by atoms with Crippen molar-refractivity contribution in [3.05, 3.63) is 35.4 Å². The van der Waals surface area contributed by atoms with Gasteiger partial charge in [-0.3, -0.25) is 0 Å². The molecule has 1 nitrogen and oxygen atoms in total. The van der Waals surface area contributed by atoms with Gasteiger partial charge in [0.05, 0.1) is 0 Å². The number of benzene rings is 1. The molecule has 0 fully saturated rings. The summed E-state index contributed by atoms with van der Waals surface area (Å²) < 4.78 is 0. The van der Waals surface area contributed by atoms with Gasteiger partial charge in [0.15, 0.2) is 0 Å². The molecular weight excluding hydrogens is 206 g/mol. The third-order valence-electron chi connectivity index (χ3n) is 3.50. The van der Waals surface area contributed by atoms with Gasteiger partial charge in [0, 0.05) is 6.04 Å². The Labute approximate surface area is 107 Å². The van der Waals surface area contributed by atoms with E-state index in [1.807, 2.05) is 0 Å². The van der Waals surface area contributed by atoms with Crippen LogP contribution in [0.3, 0.4) is 0 Å². The molecule has 0 saturated carbocycles. The first-order valence-electron chi connectivity index (χ1n) is 7.02. The van der Waals surface area contributed by atoms with Gasteiger partial charge in [-0.05, 0) is 37.8 Å². The van der Waals surface area contributed by atoms with Gasteiger partial charge in [-0.15, -0.1) is 0 Å². The molecule has 0 saturated heterocycles. The minimum absolute atomic E-state index is 0.623. The first-order valence-corrected chi connectivity index (χ1v) is 7.02. The third-order valence-corrected chi connectivity index (χ3v) is 3.50. The third kappa shape index (κ3) is 4.16. The van der Waals surface area contributed by atoms with E-state index in [-0.39, 0.29) is 0 Å². The second-order valence-electron chi connectivity index (χ2n) is 4.88. The van der Waals surface area contributed by atoms with E-state index in [4.69, 9.17) is 0 Å². The standard InChI is InChI=1S/C16H27N/c1-5-8-16(17-7-3)15(6-2)14-11-9-13(4)10-12-14/h9-12,15-17H,5-8H2,1-4H3. The highest BCUT2D eigenvalue weighted by Gasteiger charge is 2.19. The zero-order valence-corrected chi connectivity index (χ0v) is 11.8. The van der Waals surface area contributed by atoms with E-state index < -0.39 is 0 Å². The zero-order chi connectivity index (χ0) is 12.7. The number of likely N-dealkylation sites (N-methyl/N-ethyl adjacent to an activating group) is 1. The maximum atomic E-state index is 3.65. The highest BCUT2D eigenvalue weighted by atomic mass is 14.9. The van der Waals surface area contributed by atoms with Gasteiger partial charge in [-0.25, -0.2) is 0 Å². The van der Waals surface area contributed by atoms with Crippen LogP contribution < -0.4 is 5.32 Å². The maximum Gasteiger partial charge on any atom is 0.0135 e. The number of nitrogens with one attached hydrogen (secondary N) is 1. The summed E-state index contributed by atoms with van der Waals surface area (Å²) in [6.45, 7) is 9.98. The van der Waals surface area contributed by atoms with Crippen LogP contribution in [0.5, 0.6) is 0 Å². The zero-order valence-electron chi connectivity index (χ0n) is 11.8. The average molecular weight is 233 g/mol. The summed E-state index contributed by atoms with van der Waals surface area (Å²) in [6, 6.07) is 9.67. The first kappa shape index (κ1) is 14.2. The molecule has 0 aliphatic rings. The molecule has 17 heavy (non-hydrogen) atoms. The van der Waals surface area contributed by atoms with Crippen molar-refractivity contribution in [3.8, 4) is 0 Å². The van der Waals surface area contributed by atoms with E-state index in [0.29, 0.717) is 12.0 Å². The minimum atomic E-state index is 0.623.